The first kappa shape index (κ1) is 21.0. The first-order valence-electron chi connectivity index (χ1n) is 11.7. The fourth-order valence-corrected chi connectivity index (χ4v) is 5.52. The Morgan fingerprint density at radius 2 is 2.00 bits per heavy atom. The molecule has 0 radical (unpaired) electrons. The summed E-state index contributed by atoms with van der Waals surface area (Å²) in [6.07, 6.45) is 3.34. The van der Waals surface area contributed by atoms with Crippen LogP contribution >= 0.6 is 0 Å². The lowest BCUT2D eigenvalue weighted by atomic mass is 10.0. The summed E-state index contributed by atoms with van der Waals surface area (Å²) >= 11 is 0. The number of urea groups is 1. The number of fused-ring (bicyclic) bond motifs is 2. The molecule has 2 N–H and O–H groups in total. The quantitative estimate of drug-likeness (QED) is 0.772. The minimum absolute atomic E-state index is 0.0818. The van der Waals surface area contributed by atoms with Crippen LogP contribution in [0.25, 0.3) is 0 Å². The molecule has 8 nitrogen and oxygen atoms in total. The van der Waals surface area contributed by atoms with Crippen LogP contribution in [0.3, 0.4) is 0 Å². The molecule has 3 aliphatic rings. The maximum absolute atomic E-state index is 13.8. The van der Waals surface area contributed by atoms with E-state index in [-0.39, 0.29) is 18.0 Å². The number of carbonyl (C=O) groups is 2. The summed E-state index contributed by atoms with van der Waals surface area (Å²) in [5.41, 5.74) is 1.83. The number of nitrogens with one attached hydrogen (secondary N) is 2. The van der Waals surface area contributed by atoms with Crippen LogP contribution in [0.1, 0.15) is 61.6 Å². The molecule has 2 unspecified atom stereocenters. The lowest BCUT2D eigenvalue weighted by molar-refractivity contribution is 0.0388. The Balaban J connectivity index is 1.36. The number of hydrogen-bond donors (Lipinski definition) is 2. The van der Waals surface area contributed by atoms with Crippen molar-refractivity contribution in [2.75, 3.05) is 25.0 Å². The largest absolute Gasteiger partial charge is 0.321 e. The first-order chi connectivity index (χ1) is 15.4. The van der Waals surface area contributed by atoms with Gasteiger partial charge in [0.05, 0.1) is 17.8 Å². The minimum atomic E-state index is -0.528. The van der Waals surface area contributed by atoms with E-state index < -0.39 is 5.54 Å². The lowest BCUT2D eigenvalue weighted by Gasteiger charge is -2.46. The predicted molar refractivity (Wildman–Crippen MR) is 122 cm³/mol. The van der Waals surface area contributed by atoms with Crippen molar-refractivity contribution < 1.29 is 9.59 Å². The summed E-state index contributed by atoms with van der Waals surface area (Å²) in [5, 5.41) is 10.4. The van der Waals surface area contributed by atoms with Gasteiger partial charge < -0.3 is 15.1 Å². The molecule has 3 amide bonds. The number of rotatable bonds is 3. The smallest absolute Gasteiger partial charge is 0.319 e. The Hall–Kier alpha value is -2.87. The van der Waals surface area contributed by atoms with E-state index in [0.29, 0.717) is 24.0 Å². The van der Waals surface area contributed by atoms with E-state index in [2.05, 4.69) is 32.2 Å². The molecule has 5 rings (SSSR count). The Morgan fingerprint density at radius 1 is 1.22 bits per heavy atom. The van der Waals surface area contributed by atoms with Crippen molar-refractivity contribution in [2.24, 2.45) is 0 Å². The van der Waals surface area contributed by atoms with Gasteiger partial charge in [0.15, 0.2) is 5.82 Å². The third-order valence-corrected chi connectivity index (χ3v) is 7.48. The average molecular weight is 437 g/mol. The van der Waals surface area contributed by atoms with Crippen molar-refractivity contribution in [3.8, 4) is 0 Å². The predicted octanol–water partition coefficient (Wildman–Crippen LogP) is 3.39. The number of anilines is 1. The van der Waals surface area contributed by atoms with E-state index in [9.17, 15) is 9.59 Å². The molecular weight excluding hydrogens is 404 g/mol. The van der Waals surface area contributed by atoms with E-state index in [1.54, 1.807) is 12.1 Å². The molecule has 3 aliphatic heterocycles. The van der Waals surface area contributed by atoms with Gasteiger partial charge in [0.2, 0.25) is 0 Å². The van der Waals surface area contributed by atoms with Crippen molar-refractivity contribution in [2.45, 2.75) is 64.2 Å². The number of hydrogen-bond acceptors (Lipinski definition) is 4. The summed E-state index contributed by atoms with van der Waals surface area (Å²) in [6.45, 7) is 9.61. The van der Waals surface area contributed by atoms with Crippen molar-refractivity contribution in [1.29, 1.82) is 0 Å². The topological polar surface area (TPSA) is 84.6 Å². The number of nitrogens with zero attached hydrogens (tertiary/aromatic N) is 4. The fourth-order valence-electron chi connectivity index (χ4n) is 5.52. The molecule has 0 bridgehead atoms. The summed E-state index contributed by atoms with van der Waals surface area (Å²) in [6, 6.07) is 9.89. The molecule has 32 heavy (non-hydrogen) atoms. The highest BCUT2D eigenvalue weighted by Gasteiger charge is 2.47. The van der Waals surface area contributed by atoms with Crippen LogP contribution < -0.4 is 5.32 Å². The molecule has 1 aromatic carbocycles. The molecule has 0 aliphatic carbocycles. The molecule has 0 saturated carbocycles. The number of aromatic amines is 1. The number of piperazine rings is 1. The highest BCUT2D eigenvalue weighted by molar-refractivity contribution is 6.04. The molecule has 2 fully saturated rings. The standard InChI is InChI=1S/C24H32N6O2/c1-4-17-13-28-12-8-11-18(28)14-29(17)23(32)30-15-19-20(24(30,2)3)26-27-21(19)25-22(31)16-9-6-5-7-10-16/h5-7,9-10,17-18H,4,8,11-15H2,1-3H3,(H2,25,26,27,31). The molecule has 170 valence electrons. The van der Waals surface area contributed by atoms with Crippen LogP contribution in [0.2, 0.25) is 0 Å². The zero-order valence-electron chi connectivity index (χ0n) is 19.1. The zero-order valence-corrected chi connectivity index (χ0v) is 19.1. The monoisotopic (exact) mass is 436 g/mol. The molecule has 4 heterocycles. The number of amides is 3. The lowest BCUT2D eigenvalue weighted by Crippen LogP contribution is -2.61. The van der Waals surface area contributed by atoms with Gasteiger partial charge in [0.25, 0.3) is 5.91 Å². The molecule has 0 spiro atoms. The van der Waals surface area contributed by atoms with Crippen LogP contribution in [-0.2, 0) is 12.1 Å². The molecule has 8 heteroatoms. The van der Waals surface area contributed by atoms with E-state index in [0.717, 1.165) is 37.3 Å². The molecule has 2 atom stereocenters. The molecule has 1 aromatic heterocycles. The Kier molecular flexibility index (Phi) is 5.20. The number of carbonyl (C=O) groups excluding carboxylic acids is 2. The van der Waals surface area contributed by atoms with Gasteiger partial charge in [0, 0.05) is 36.3 Å². The van der Waals surface area contributed by atoms with E-state index in [1.807, 2.05) is 36.9 Å². The minimum Gasteiger partial charge on any atom is -0.319 e. The highest BCUT2D eigenvalue weighted by Crippen LogP contribution is 2.42. The van der Waals surface area contributed by atoms with Crippen LogP contribution in [0, 0.1) is 0 Å². The number of H-pyrrole nitrogens is 1. The maximum Gasteiger partial charge on any atom is 0.321 e. The fraction of sp³-hybridized carbons (Fsp3) is 0.542. The van der Waals surface area contributed by atoms with Gasteiger partial charge in [-0.15, -0.1) is 0 Å². The van der Waals surface area contributed by atoms with Gasteiger partial charge in [-0.05, 0) is 51.8 Å². The summed E-state index contributed by atoms with van der Waals surface area (Å²) in [5.74, 6) is 0.302. The average Bonchev–Trinajstić information content (AvgIpc) is 3.49. The normalized spacial score (nSPS) is 24.3. The van der Waals surface area contributed by atoms with Gasteiger partial charge >= 0.3 is 6.03 Å². The first-order valence-corrected chi connectivity index (χ1v) is 11.7. The summed E-state index contributed by atoms with van der Waals surface area (Å²) < 4.78 is 0. The van der Waals surface area contributed by atoms with Crippen molar-refractivity contribution in [3.05, 3.63) is 47.2 Å². The van der Waals surface area contributed by atoms with E-state index >= 15 is 0 Å². The van der Waals surface area contributed by atoms with Gasteiger partial charge in [0.1, 0.15) is 0 Å². The Labute approximate surface area is 188 Å². The van der Waals surface area contributed by atoms with Crippen LogP contribution in [0.4, 0.5) is 10.6 Å². The maximum atomic E-state index is 13.8. The van der Waals surface area contributed by atoms with Crippen LogP contribution in [0.5, 0.6) is 0 Å². The molecule has 2 aromatic rings. The van der Waals surface area contributed by atoms with Gasteiger partial charge in [-0.2, -0.15) is 5.10 Å². The SMILES string of the molecule is CCC1CN2CCCC2CN1C(=O)N1Cc2c(NC(=O)c3ccccc3)n[nH]c2C1(C)C. The van der Waals surface area contributed by atoms with E-state index in [4.69, 9.17) is 0 Å². The second kappa shape index (κ2) is 7.92. The summed E-state index contributed by atoms with van der Waals surface area (Å²) in [7, 11) is 0. The van der Waals surface area contributed by atoms with Gasteiger partial charge in [-0.25, -0.2) is 4.79 Å². The number of aromatic nitrogens is 2. The van der Waals surface area contributed by atoms with Gasteiger partial charge in [-0.1, -0.05) is 25.1 Å². The van der Waals surface area contributed by atoms with Crippen molar-refractivity contribution in [1.82, 2.24) is 24.9 Å². The second-order valence-electron chi connectivity index (χ2n) is 9.68. The van der Waals surface area contributed by atoms with Crippen LogP contribution in [-0.4, -0.2) is 68.6 Å². The third-order valence-electron chi connectivity index (χ3n) is 7.48. The highest BCUT2D eigenvalue weighted by atomic mass is 16.2. The summed E-state index contributed by atoms with van der Waals surface area (Å²) in [4.78, 5) is 33.0. The number of benzene rings is 1. The Bertz CT molecular complexity index is 1020. The van der Waals surface area contributed by atoms with Gasteiger partial charge in [-0.3, -0.25) is 14.8 Å². The zero-order chi connectivity index (χ0) is 22.5. The van der Waals surface area contributed by atoms with Crippen molar-refractivity contribution >= 4 is 17.8 Å². The Morgan fingerprint density at radius 3 is 2.75 bits per heavy atom. The van der Waals surface area contributed by atoms with E-state index in [1.165, 1.54) is 12.8 Å². The third kappa shape index (κ3) is 3.37. The van der Waals surface area contributed by atoms with Crippen molar-refractivity contribution in [3.63, 3.8) is 0 Å². The molecule has 2 saturated heterocycles. The second-order valence-corrected chi connectivity index (χ2v) is 9.68. The van der Waals surface area contributed by atoms with Crippen LogP contribution in [0.15, 0.2) is 30.3 Å². The molecular formula is C24H32N6O2.